The van der Waals surface area contributed by atoms with Gasteiger partial charge in [0.2, 0.25) is 17.8 Å². The van der Waals surface area contributed by atoms with E-state index < -0.39 is 0 Å². The number of methoxy groups -OCH3 is 1. The van der Waals surface area contributed by atoms with Crippen LogP contribution in [0.4, 0.5) is 11.9 Å². The van der Waals surface area contributed by atoms with Crippen molar-refractivity contribution in [2.45, 2.75) is 13.3 Å². The van der Waals surface area contributed by atoms with E-state index in [1.165, 1.54) is 7.11 Å². The number of hydrogen-bond donors (Lipinski definition) is 2. The quantitative estimate of drug-likeness (QED) is 0.729. The zero-order chi connectivity index (χ0) is 14.3. The highest BCUT2D eigenvalue weighted by Crippen LogP contribution is 2.10. The Labute approximate surface area is 112 Å². The average Bonchev–Trinajstić information content (AvgIpc) is 2.38. The molecule has 0 aromatic carbocycles. The van der Waals surface area contributed by atoms with Crippen LogP contribution in [-0.4, -0.2) is 60.1 Å². The van der Waals surface area contributed by atoms with Crippen molar-refractivity contribution in [1.82, 2.24) is 19.9 Å². The molecule has 1 heterocycles. The van der Waals surface area contributed by atoms with E-state index in [2.05, 4.69) is 25.6 Å². The fraction of sp³-hybridized carbons (Fsp3) is 0.636. The van der Waals surface area contributed by atoms with Crippen molar-refractivity contribution in [2.75, 3.05) is 44.9 Å². The van der Waals surface area contributed by atoms with Crippen LogP contribution in [0.5, 0.6) is 6.01 Å². The fourth-order valence-corrected chi connectivity index (χ4v) is 1.27. The molecule has 0 spiro atoms. The normalized spacial score (nSPS) is 9.89. The first-order valence-electron chi connectivity index (χ1n) is 6.04. The Bertz CT molecular complexity index is 424. The van der Waals surface area contributed by atoms with E-state index in [9.17, 15) is 4.79 Å². The van der Waals surface area contributed by atoms with E-state index >= 15 is 0 Å². The number of nitrogens with zero attached hydrogens (tertiary/aromatic N) is 4. The Balaban J connectivity index is 2.61. The maximum atomic E-state index is 11.4. The summed E-state index contributed by atoms with van der Waals surface area (Å²) in [6.07, 6.45) is 0.373. The molecule has 1 aromatic heterocycles. The molecular weight excluding hydrogens is 248 g/mol. The molecule has 0 atom stereocenters. The Hall–Kier alpha value is -2.12. The lowest BCUT2D eigenvalue weighted by atomic mass is 10.4. The Morgan fingerprint density at radius 1 is 1.21 bits per heavy atom. The number of rotatable bonds is 7. The molecule has 8 nitrogen and oxygen atoms in total. The molecule has 8 heteroatoms. The van der Waals surface area contributed by atoms with Crippen LogP contribution in [0, 0.1) is 0 Å². The minimum Gasteiger partial charge on any atom is -0.467 e. The number of amides is 1. The summed E-state index contributed by atoms with van der Waals surface area (Å²) in [6, 6.07) is 0.229. The van der Waals surface area contributed by atoms with Gasteiger partial charge in [-0.05, 0) is 6.92 Å². The van der Waals surface area contributed by atoms with Crippen molar-refractivity contribution in [3.8, 4) is 6.01 Å². The number of hydrogen-bond acceptors (Lipinski definition) is 7. The Morgan fingerprint density at radius 2 is 1.84 bits per heavy atom. The van der Waals surface area contributed by atoms with Crippen LogP contribution < -0.4 is 15.4 Å². The van der Waals surface area contributed by atoms with Crippen LogP contribution in [0.2, 0.25) is 0 Å². The first-order chi connectivity index (χ1) is 9.06. The standard InChI is InChI=1S/C11H20N6O2/c1-5-12-9-14-10(16-11(15-9)19-4)13-7-6-8(18)17(2)3/h5-7H2,1-4H3,(H2,12,13,14,15,16). The van der Waals surface area contributed by atoms with E-state index in [0.717, 1.165) is 0 Å². The smallest absolute Gasteiger partial charge is 0.322 e. The monoisotopic (exact) mass is 268 g/mol. The van der Waals surface area contributed by atoms with Crippen molar-refractivity contribution in [3.63, 3.8) is 0 Å². The van der Waals surface area contributed by atoms with Gasteiger partial charge < -0.3 is 20.3 Å². The number of carbonyl (C=O) groups is 1. The minimum atomic E-state index is 0.0421. The number of aromatic nitrogens is 3. The van der Waals surface area contributed by atoms with E-state index in [1.54, 1.807) is 19.0 Å². The van der Waals surface area contributed by atoms with Crippen molar-refractivity contribution < 1.29 is 9.53 Å². The zero-order valence-electron chi connectivity index (χ0n) is 11.7. The highest BCUT2D eigenvalue weighted by molar-refractivity contribution is 5.75. The minimum absolute atomic E-state index is 0.0421. The highest BCUT2D eigenvalue weighted by Gasteiger charge is 2.07. The first-order valence-corrected chi connectivity index (χ1v) is 6.04. The summed E-state index contributed by atoms with van der Waals surface area (Å²) in [4.78, 5) is 25.2. The van der Waals surface area contributed by atoms with Gasteiger partial charge in [-0.2, -0.15) is 15.0 Å². The lowest BCUT2D eigenvalue weighted by Crippen LogP contribution is -2.24. The summed E-state index contributed by atoms with van der Waals surface area (Å²) < 4.78 is 4.99. The van der Waals surface area contributed by atoms with Crippen LogP contribution >= 0.6 is 0 Å². The summed E-state index contributed by atoms with van der Waals surface area (Å²) in [6.45, 7) is 3.10. The summed E-state index contributed by atoms with van der Waals surface area (Å²) in [5.74, 6) is 0.866. The van der Waals surface area contributed by atoms with Crippen molar-refractivity contribution in [1.29, 1.82) is 0 Å². The van der Waals surface area contributed by atoms with Crippen LogP contribution in [0.25, 0.3) is 0 Å². The van der Waals surface area contributed by atoms with Crippen LogP contribution in [0.1, 0.15) is 13.3 Å². The van der Waals surface area contributed by atoms with E-state index in [0.29, 0.717) is 31.4 Å². The van der Waals surface area contributed by atoms with Crippen molar-refractivity contribution in [2.24, 2.45) is 0 Å². The van der Waals surface area contributed by atoms with Gasteiger partial charge in [0.1, 0.15) is 0 Å². The molecule has 1 rings (SSSR count). The molecule has 0 saturated heterocycles. The summed E-state index contributed by atoms with van der Waals surface area (Å²) >= 11 is 0. The van der Waals surface area contributed by atoms with Crippen LogP contribution in [0.3, 0.4) is 0 Å². The summed E-state index contributed by atoms with van der Waals surface area (Å²) in [5, 5.41) is 5.96. The molecule has 19 heavy (non-hydrogen) atoms. The molecule has 0 aliphatic heterocycles. The predicted molar refractivity (Wildman–Crippen MR) is 72.3 cm³/mol. The fourth-order valence-electron chi connectivity index (χ4n) is 1.27. The largest absolute Gasteiger partial charge is 0.467 e. The van der Waals surface area contributed by atoms with Gasteiger partial charge in [-0.15, -0.1) is 0 Å². The number of carbonyl (C=O) groups excluding carboxylic acids is 1. The second kappa shape index (κ2) is 7.34. The number of nitrogens with one attached hydrogen (secondary N) is 2. The molecule has 0 bridgehead atoms. The van der Waals surface area contributed by atoms with E-state index in [4.69, 9.17) is 4.74 Å². The molecule has 2 N–H and O–H groups in total. The molecule has 0 unspecified atom stereocenters. The molecule has 0 aliphatic carbocycles. The van der Waals surface area contributed by atoms with Gasteiger partial charge in [0, 0.05) is 33.6 Å². The third-order valence-corrected chi connectivity index (χ3v) is 2.25. The van der Waals surface area contributed by atoms with Gasteiger partial charge in [-0.1, -0.05) is 0 Å². The van der Waals surface area contributed by atoms with Gasteiger partial charge in [0.15, 0.2) is 0 Å². The number of ether oxygens (including phenoxy) is 1. The topological polar surface area (TPSA) is 92.3 Å². The molecule has 1 amide bonds. The maximum Gasteiger partial charge on any atom is 0.322 e. The SMILES string of the molecule is CCNc1nc(NCCC(=O)N(C)C)nc(OC)n1. The van der Waals surface area contributed by atoms with E-state index in [1.807, 2.05) is 6.92 Å². The van der Waals surface area contributed by atoms with Crippen molar-refractivity contribution in [3.05, 3.63) is 0 Å². The molecule has 0 fully saturated rings. The van der Waals surface area contributed by atoms with Crippen molar-refractivity contribution >= 4 is 17.8 Å². The van der Waals surface area contributed by atoms with Gasteiger partial charge in [-0.3, -0.25) is 4.79 Å². The molecule has 106 valence electrons. The number of anilines is 2. The second-order valence-corrected chi connectivity index (χ2v) is 3.96. The average molecular weight is 268 g/mol. The zero-order valence-corrected chi connectivity index (χ0v) is 11.7. The lowest BCUT2D eigenvalue weighted by molar-refractivity contribution is -0.128. The molecule has 0 aliphatic rings. The van der Waals surface area contributed by atoms with Gasteiger partial charge in [-0.25, -0.2) is 0 Å². The van der Waals surface area contributed by atoms with Crippen LogP contribution in [0.15, 0.2) is 0 Å². The first kappa shape index (κ1) is 14.9. The Morgan fingerprint density at radius 3 is 2.37 bits per heavy atom. The van der Waals surface area contributed by atoms with Gasteiger partial charge in [0.25, 0.3) is 0 Å². The maximum absolute atomic E-state index is 11.4. The summed E-state index contributed by atoms with van der Waals surface area (Å²) in [5.41, 5.74) is 0. The Kier molecular flexibility index (Phi) is 5.77. The highest BCUT2D eigenvalue weighted by atomic mass is 16.5. The molecule has 1 aromatic rings. The third kappa shape index (κ3) is 4.94. The summed E-state index contributed by atoms with van der Waals surface area (Å²) in [7, 11) is 4.93. The van der Waals surface area contributed by atoms with Crippen LogP contribution in [-0.2, 0) is 4.79 Å². The third-order valence-electron chi connectivity index (χ3n) is 2.25. The lowest BCUT2D eigenvalue weighted by Gasteiger charge is -2.11. The van der Waals surface area contributed by atoms with Gasteiger partial charge >= 0.3 is 6.01 Å². The molecule has 0 radical (unpaired) electrons. The molecular formula is C11H20N6O2. The van der Waals surface area contributed by atoms with E-state index in [-0.39, 0.29) is 11.9 Å². The molecule has 0 saturated carbocycles. The van der Waals surface area contributed by atoms with Gasteiger partial charge in [0.05, 0.1) is 7.11 Å². The second-order valence-electron chi connectivity index (χ2n) is 3.96. The predicted octanol–water partition coefficient (Wildman–Crippen LogP) is 0.202.